The highest BCUT2D eigenvalue weighted by Crippen LogP contribution is 2.23. The molecule has 2 aromatic rings. The van der Waals surface area contributed by atoms with Crippen molar-refractivity contribution in [3.05, 3.63) is 42.1 Å². The molecule has 1 saturated heterocycles. The highest BCUT2D eigenvalue weighted by atomic mass is 16.5. The summed E-state index contributed by atoms with van der Waals surface area (Å²) in [6, 6.07) is 10.4. The minimum absolute atomic E-state index is 0.134. The third-order valence-electron chi connectivity index (χ3n) is 4.82. The number of benzene rings is 1. The molecule has 3 rings (SSSR count). The zero-order valence-electron chi connectivity index (χ0n) is 16.4. The minimum Gasteiger partial charge on any atom is -0.475 e. The van der Waals surface area contributed by atoms with Crippen molar-refractivity contribution in [1.29, 1.82) is 0 Å². The van der Waals surface area contributed by atoms with Gasteiger partial charge in [-0.15, -0.1) is 5.10 Å². The van der Waals surface area contributed by atoms with E-state index in [-0.39, 0.29) is 6.03 Å². The lowest BCUT2D eigenvalue weighted by molar-refractivity contribution is 0.212. The maximum Gasteiger partial charge on any atom is 0.321 e. The van der Waals surface area contributed by atoms with Crippen LogP contribution >= 0.6 is 0 Å². The van der Waals surface area contributed by atoms with E-state index in [4.69, 9.17) is 4.74 Å². The molecule has 0 bridgehead atoms. The zero-order valence-corrected chi connectivity index (χ0v) is 16.4. The molecule has 0 aliphatic carbocycles. The van der Waals surface area contributed by atoms with E-state index in [1.54, 1.807) is 15.8 Å². The first-order valence-corrected chi connectivity index (χ1v) is 9.50. The summed E-state index contributed by atoms with van der Waals surface area (Å²) in [5, 5.41) is 7.13. The van der Waals surface area contributed by atoms with Crippen LogP contribution in [0.5, 0.6) is 5.88 Å². The third kappa shape index (κ3) is 5.23. The maximum atomic E-state index is 12.5. The fraction of sp³-hybridized carbons (Fsp3) is 0.500. The average Bonchev–Trinajstić information content (AvgIpc) is 3.22. The average molecular weight is 371 g/mol. The first-order chi connectivity index (χ1) is 13.0. The summed E-state index contributed by atoms with van der Waals surface area (Å²) < 4.78 is 7.11. The molecule has 2 heterocycles. The molecule has 1 fully saturated rings. The van der Waals surface area contributed by atoms with Crippen LogP contribution in [0, 0.1) is 5.92 Å². The van der Waals surface area contributed by atoms with E-state index in [2.05, 4.69) is 39.6 Å². The number of nitrogens with one attached hydrogen (secondary N) is 1. The summed E-state index contributed by atoms with van der Waals surface area (Å²) in [6.07, 6.45) is 2.87. The van der Waals surface area contributed by atoms with Crippen LogP contribution in [0.2, 0.25) is 0 Å². The molecule has 1 aromatic heterocycles. The molecular weight excluding hydrogens is 342 g/mol. The number of carbonyl (C=O) groups excluding carboxylic acids is 1. The smallest absolute Gasteiger partial charge is 0.321 e. The molecule has 1 aromatic carbocycles. The normalized spacial score (nSPS) is 17.1. The van der Waals surface area contributed by atoms with Gasteiger partial charge in [-0.05, 0) is 31.4 Å². The van der Waals surface area contributed by atoms with Gasteiger partial charge in [0.1, 0.15) is 5.69 Å². The Labute approximate surface area is 160 Å². The molecule has 146 valence electrons. The molecule has 1 N–H and O–H groups in total. The van der Waals surface area contributed by atoms with Crippen molar-refractivity contribution >= 4 is 11.7 Å². The van der Waals surface area contributed by atoms with Gasteiger partial charge in [-0.2, -0.15) is 0 Å². The highest BCUT2D eigenvalue weighted by Gasteiger charge is 2.25. The van der Waals surface area contributed by atoms with Crippen molar-refractivity contribution in [3.8, 4) is 5.88 Å². The van der Waals surface area contributed by atoms with Gasteiger partial charge in [0.15, 0.2) is 0 Å². The second-order valence-electron chi connectivity index (χ2n) is 7.14. The van der Waals surface area contributed by atoms with Crippen molar-refractivity contribution in [2.75, 3.05) is 38.6 Å². The quantitative estimate of drug-likeness (QED) is 0.813. The van der Waals surface area contributed by atoms with Crippen molar-refractivity contribution in [2.24, 2.45) is 13.0 Å². The van der Waals surface area contributed by atoms with Crippen LogP contribution in [0.1, 0.15) is 18.9 Å². The highest BCUT2D eigenvalue weighted by molar-refractivity contribution is 5.90. The van der Waals surface area contributed by atoms with Crippen LogP contribution < -0.4 is 10.1 Å². The lowest BCUT2D eigenvalue weighted by Gasteiger charge is -2.22. The Morgan fingerprint density at radius 1 is 1.37 bits per heavy atom. The van der Waals surface area contributed by atoms with E-state index in [9.17, 15) is 4.79 Å². The van der Waals surface area contributed by atoms with E-state index in [0.717, 1.165) is 32.6 Å². The van der Waals surface area contributed by atoms with Gasteiger partial charge in [0.2, 0.25) is 0 Å². The van der Waals surface area contributed by atoms with Gasteiger partial charge in [0, 0.05) is 33.7 Å². The summed E-state index contributed by atoms with van der Waals surface area (Å²) in [6.45, 7) is 6.21. The number of rotatable bonds is 7. The number of hydrogen-bond acceptors (Lipinski definition) is 4. The summed E-state index contributed by atoms with van der Waals surface area (Å²) in [5.41, 5.74) is 1.94. The van der Waals surface area contributed by atoms with Crippen molar-refractivity contribution in [1.82, 2.24) is 19.6 Å². The molecule has 0 radical (unpaired) electrons. The Balaban J connectivity index is 1.49. The topological polar surface area (TPSA) is 62.6 Å². The second-order valence-corrected chi connectivity index (χ2v) is 7.14. The van der Waals surface area contributed by atoms with Crippen molar-refractivity contribution in [3.63, 3.8) is 0 Å². The molecule has 0 saturated carbocycles. The number of anilines is 1. The largest absolute Gasteiger partial charge is 0.475 e. The lowest BCUT2D eigenvalue weighted by Crippen LogP contribution is -2.36. The SMILES string of the molecule is CCOc1nn(C)cc1NC(=O)N(C)CC1CCN(Cc2ccccc2)C1. The molecular formula is C20H29N5O2. The Bertz CT molecular complexity index is 746. The van der Waals surface area contributed by atoms with Crippen LogP contribution in [-0.2, 0) is 13.6 Å². The Hall–Kier alpha value is -2.54. The summed E-state index contributed by atoms with van der Waals surface area (Å²) in [4.78, 5) is 16.8. The summed E-state index contributed by atoms with van der Waals surface area (Å²) in [7, 11) is 3.65. The monoisotopic (exact) mass is 371 g/mol. The molecule has 0 spiro atoms. The van der Waals surface area contributed by atoms with Gasteiger partial charge in [-0.1, -0.05) is 30.3 Å². The third-order valence-corrected chi connectivity index (χ3v) is 4.82. The van der Waals surface area contributed by atoms with Crippen molar-refractivity contribution < 1.29 is 9.53 Å². The van der Waals surface area contributed by atoms with Gasteiger partial charge < -0.3 is 15.0 Å². The molecule has 1 aliphatic heterocycles. The Morgan fingerprint density at radius 2 is 2.15 bits per heavy atom. The number of nitrogens with zero attached hydrogens (tertiary/aromatic N) is 4. The molecule has 27 heavy (non-hydrogen) atoms. The molecule has 1 atom stereocenters. The number of ether oxygens (including phenoxy) is 1. The second kappa shape index (κ2) is 8.90. The molecule has 2 amide bonds. The fourth-order valence-corrected chi connectivity index (χ4v) is 3.53. The van der Waals surface area contributed by atoms with Crippen molar-refractivity contribution in [2.45, 2.75) is 19.9 Å². The van der Waals surface area contributed by atoms with Crippen LogP contribution in [0.3, 0.4) is 0 Å². The van der Waals surface area contributed by atoms with E-state index >= 15 is 0 Å². The van der Waals surface area contributed by atoms with Crippen LogP contribution in [0.25, 0.3) is 0 Å². The first-order valence-electron chi connectivity index (χ1n) is 9.50. The fourth-order valence-electron chi connectivity index (χ4n) is 3.53. The van der Waals surface area contributed by atoms with E-state index in [0.29, 0.717) is 24.1 Å². The molecule has 1 aliphatic rings. The number of likely N-dealkylation sites (tertiary alicyclic amines) is 1. The number of aryl methyl sites for hydroxylation is 1. The number of aromatic nitrogens is 2. The number of urea groups is 1. The van der Waals surface area contributed by atoms with E-state index in [1.807, 2.05) is 27.1 Å². The van der Waals surface area contributed by atoms with Crippen LogP contribution in [0.4, 0.5) is 10.5 Å². The predicted molar refractivity (Wildman–Crippen MR) is 106 cm³/mol. The lowest BCUT2D eigenvalue weighted by atomic mass is 10.1. The molecule has 7 nitrogen and oxygen atoms in total. The number of carbonyl (C=O) groups is 1. The van der Waals surface area contributed by atoms with Gasteiger partial charge in [-0.25, -0.2) is 4.79 Å². The minimum atomic E-state index is -0.134. The van der Waals surface area contributed by atoms with Gasteiger partial charge in [0.25, 0.3) is 5.88 Å². The summed E-state index contributed by atoms with van der Waals surface area (Å²) in [5.74, 6) is 0.946. The van der Waals surface area contributed by atoms with Crippen LogP contribution in [-0.4, -0.2) is 58.9 Å². The number of hydrogen-bond donors (Lipinski definition) is 1. The van der Waals surface area contributed by atoms with Gasteiger partial charge >= 0.3 is 6.03 Å². The van der Waals surface area contributed by atoms with E-state index < -0.39 is 0 Å². The maximum absolute atomic E-state index is 12.5. The van der Waals surface area contributed by atoms with Gasteiger partial charge in [0.05, 0.1) is 12.8 Å². The Kier molecular flexibility index (Phi) is 6.34. The first kappa shape index (κ1) is 19.2. The summed E-state index contributed by atoms with van der Waals surface area (Å²) >= 11 is 0. The predicted octanol–water partition coefficient (Wildman–Crippen LogP) is 2.80. The molecule has 7 heteroatoms. The van der Waals surface area contributed by atoms with Crippen LogP contribution in [0.15, 0.2) is 36.5 Å². The van der Waals surface area contributed by atoms with E-state index in [1.165, 1.54) is 5.56 Å². The Morgan fingerprint density at radius 3 is 2.89 bits per heavy atom. The molecule has 1 unspecified atom stereocenters. The van der Waals surface area contributed by atoms with Gasteiger partial charge in [-0.3, -0.25) is 9.58 Å². The number of amides is 2. The zero-order chi connectivity index (χ0) is 19.2. The standard InChI is InChI=1S/C20H29N5O2/c1-4-27-19-18(15-24(3)22-19)21-20(26)23(2)12-17-10-11-25(14-17)13-16-8-6-5-7-9-16/h5-9,15,17H,4,10-14H2,1-3H3,(H,21,26).